The van der Waals surface area contributed by atoms with E-state index in [9.17, 15) is 4.79 Å². The molecule has 3 aliphatic heterocycles. The van der Waals surface area contributed by atoms with Crippen LogP contribution in [0.25, 0.3) is 22.6 Å². The average molecular weight is 376 g/mol. The monoisotopic (exact) mass is 376 g/mol. The third kappa shape index (κ3) is 3.27. The highest BCUT2D eigenvalue weighted by Crippen LogP contribution is 2.29. The fraction of sp³-hybridized carbons (Fsp3) is 0.348. The summed E-state index contributed by atoms with van der Waals surface area (Å²) in [7, 11) is 0. The van der Waals surface area contributed by atoms with Gasteiger partial charge in [-0.3, -0.25) is 4.79 Å². The molecule has 2 aromatic heterocycles. The maximum Gasteiger partial charge on any atom is 0.287 e. The molecule has 1 atom stereocenters. The van der Waals surface area contributed by atoms with Crippen molar-refractivity contribution in [1.82, 2.24) is 10.2 Å². The van der Waals surface area contributed by atoms with Crippen LogP contribution in [-0.4, -0.2) is 36.5 Å². The first kappa shape index (κ1) is 17.3. The molecule has 0 aliphatic carbocycles. The Kier molecular flexibility index (Phi) is 4.32. The largest absolute Gasteiger partial charge is 0.461 e. The van der Waals surface area contributed by atoms with Crippen LogP contribution < -0.4 is 5.32 Å². The molecule has 5 heterocycles. The van der Waals surface area contributed by atoms with Crippen molar-refractivity contribution in [3.8, 4) is 22.6 Å². The standard InChI is InChI=1S/C23H24N2O3/c1-15-2-7-20(27-15)17-3-5-18(6-4-17)21-8-9-22(28-21)23(26)24-19-14-25-12-10-16(19)11-13-25/h2-9,16,19H,10-14H2,1H3,(H,24,26). The molecule has 0 saturated carbocycles. The number of piperidine rings is 3. The summed E-state index contributed by atoms with van der Waals surface area (Å²) in [6.45, 7) is 5.21. The number of benzene rings is 1. The second-order valence-electron chi connectivity index (χ2n) is 7.87. The zero-order valence-electron chi connectivity index (χ0n) is 16.0. The molecule has 6 rings (SSSR count). The number of hydrogen-bond acceptors (Lipinski definition) is 4. The lowest BCUT2D eigenvalue weighted by atomic mass is 9.84. The summed E-state index contributed by atoms with van der Waals surface area (Å²) in [6.07, 6.45) is 2.35. The summed E-state index contributed by atoms with van der Waals surface area (Å²) in [4.78, 5) is 15.1. The van der Waals surface area contributed by atoms with E-state index in [0.717, 1.165) is 42.3 Å². The summed E-state index contributed by atoms with van der Waals surface area (Å²) in [5.74, 6) is 3.29. The molecule has 3 aromatic rings. The Hall–Kier alpha value is -2.79. The van der Waals surface area contributed by atoms with E-state index in [1.807, 2.05) is 49.4 Å². The maximum absolute atomic E-state index is 12.6. The first-order valence-corrected chi connectivity index (χ1v) is 9.96. The Morgan fingerprint density at radius 2 is 1.57 bits per heavy atom. The number of carbonyl (C=O) groups excluding carboxylic acids is 1. The number of carbonyl (C=O) groups is 1. The second kappa shape index (κ2) is 6.99. The Bertz CT molecular complexity index is 977. The van der Waals surface area contributed by atoms with Gasteiger partial charge in [0.1, 0.15) is 17.3 Å². The van der Waals surface area contributed by atoms with E-state index in [-0.39, 0.29) is 11.9 Å². The minimum Gasteiger partial charge on any atom is -0.461 e. The maximum atomic E-state index is 12.6. The van der Waals surface area contributed by atoms with Crippen molar-refractivity contribution < 1.29 is 13.6 Å². The third-order valence-electron chi connectivity index (χ3n) is 6.00. The van der Waals surface area contributed by atoms with Gasteiger partial charge in [-0.15, -0.1) is 0 Å². The normalized spacial score (nSPS) is 23.7. The summed E-state index contributed by atoms with van der Waals surface area (Å²) in [5.41, 5.74) is 1.96. The lowest BCUT2D eigenvalue weighted by Gasteiger charge is -2.44. The van der Waals surface area contributed by atoms with Crippen LogP contribution >= 0.6 is 0 Å². The molecule has 1 amide bonds. The first-order chi connectivity index (χ1) is 13.7. The van der Waals surface area contributed by atoms with E-state index in [1.54, 1.807) is 6.07 Å². The van der Waals surface area contributed by atoms with E-state index in [1.165, 1.54) is 12.8 Å². The Morgan fingerprint density at radius 1 is 0.929 bits per heavy atom. The lowest BCUT2D eigenvalue weighted by molar-refractivity contribution is 0.0606. The Balaban J connectivity index is 1.28. The van der Waals surface area contributed by atoms with Crippen LogP contribution in [-0.2, 0) is 0 Å². The first-order valence-electron chi connectivity index (χ1n) is 9.96. The van der Waals surface area contributed by atoms with Gasteiger partial charge in [-0.1, -0.05) is 24.3 Å². The zero-order valence-corrected chi connectivity index (χ0v) is 16.0. The molecule has 1 unspecified atom stereocenters. The summed E-state index contributed by atoms with van der Waals surface area (Å²) >= 11 is 0. The second-order valence-corrected chi connectivity index (χ2v) is 7.87. The van der Waals surface area contributed by atoms with Crippen molar-refractivity contribution in [1.29, 1.82) is 0 Å². The van der Waals surface area contributed by atoms with E-state index in [4.69, 9.17) is 8.83 Å². The van der Waals surface area contributed by atoms with Gasteiger partial charge in [-0.25, -0.2) is 0 Å². The molecule has 0 spiro atoms. The molecule has 3 fully saturated rings. The molecule has 0 radical (unpaired) electrons. The average Bonchev–Trinajstić information content (AvgIpc) is 3.39. The highest BCUT2D eigenvalue weighted by atomic mass is 16.4. The van der Waals surface area contributed by atoms with Crippen LogP contribution in [0.3, 0.4) is 0 Å². The number of nitrogens with one attached hydrogen (secondary N) is 1. The smallest absolute Gasteiger partial charge is 0.287 e. The van der Waals surface area contributed by atoms with Crippen LogP contribution in [0, 0.1) is 12.8 Å². The van der Waals surface area contributed by atoms with Gasteiger partial charge in [0, 0.05) is 23.7 Å². The van der Waals surface area contributed by atoms with Gasteiger partial charge in [0.25, 0.3) is 5.91 Å². The minimum atomic E-state index is -0.118. The van der Waals surface area contributed by atoms with Gasteiger partial charge in [0.15, 0.2) is 5.76 Å². The van der Waals surface area contributed by atoms with Crippen LogP contribution in [0.1, 0.15) is 29.2 Å². The molecule has 28 heavy (non-hydrogen) atoms. The summed E-state index contributed by atoms with van der Waals surface area (Å²) in [5, 5.41) is 3.18. The number of aryl methyl sites for hydroxylation is 1. The number of amides is 1. The summed E-state index contributed by atoms with van der Waals surface area (Å²) < 4.78 is 11.5. The predicted molar refractivity (Wildman–Crippen MR) is 107 cm³/mol. The molecular weight excluding hydrogens is 352 g/mol. The number of fused-ring (bicyclic) bond motifs is 3. The molecule has 3 aliphatic rings. The number of nitrogens with zero attached hydrogens (tertiary/aromatic N) is 1. The van der Waals surface area contributed by atoms with Gasteiger partial charge < -0.3 is 19.1 Å². The lowest BCUT2D eigenvalue weighted by Crippen LogP contribution is -2.57. The van der Waals surface area contributed by atoms with E-state index in [0.29, 0.717) is 17.4 Å². The van der Waals surface area contributed by atoms with Gasteiger partial charge in [-0.05, 0) is 63.0 Å². The predicted octanol–water partition coefficient (Wildman–Crippen LogP) is 4.34. The molecule has 2 bridgehead atoms. The van der Waals surface area contributed by atoms with Crippen LogP contribution in [0.15, 0.2) is 57.4 Å². The van der Waals surface area contributed by atoms with Gasteiger partial charge in [0.2, 0.25) is 0 Å². The van der Waals surface area contributed by atoms with Crippen molar-refractivity contribution in [3.63, 3.8) is 0 Å². The molecular formula is C23H24N2O3. The fourth-order valence-corrected chi connectivity index (χ4v) is 4.37. The fourth-order valence-electron chi connectivity index (χ4n) is 4.37. The number of furan rings is 2. The number of rotatable bonds is 4. The Labute approximate surface area is 164 Å². The van der Waals surface area contributed by atoms with Crippen LogP contribution in [0.2, 0.25) is 0 Å². The van der Waals surface area contributed by atoms with Crippen LogP contribution in [0.4, 0.5) is 0 Å². The van der Waals surface area contributed by atoms with Crippen molar-refractivity contribution in [3.05, 3.63) is 60.1 Å². The Morgan fingerprint density at radius 3 is 2.14 bits per heavy atom. The van der Waals surface area contributed by atoms with E-state index in [2.05, 4.69) is 10.2 Å². The molecule has 144 valence electrons. The highest BCUT2D eigenvalue weighted by molar-refractivity contribution is 5.92. The number of hydrogen-bond donors (Lipinski definition) is 1. The quantitative estimate of drug-likeness (QED) is 0.736. The SMILES string of the molecule is Cc1ccc(-c2ccc(-c3ccc(C(=O)NC4CN5CCC4CC5)o3)cc2)o1. The van der Waals surface area contributed by atoms with E-state index < -0.39 is 0 Å². The molecule has 5 nitrogen and oxygen atoms in total. The van der Waals surface area contributed by atoms with Crippen molar-refractivity contribution in [2.24, 2.45) is 5.92 Å². The molecule has 3 saturated heterocycles. The van der Waals surface area contributed by atoms with E-state index >= 15 is 0 Å². The minimum absolute atomic E-state index is 0.118. The van der Waals surface area contributed by atoms with Gasteiger partial charge >= 0.3 is 0 Å². The topological polar surface area (TPSA) is 58.6 Å². The van der Waals surface area contributed by atoms with Gasteiger partial charge in [0.05, 0.1) is 0 Å². The summed E-state index contributed by atoms with van der Waals surface area (Å²) in [6, 6.07) is 15.8. The molecule has 1 N–H and O–H groups in total. The van der Waals surface area contributed by atoms with Gasteiger partial charge in [-0.2, -0.15) is 0 Å². The third-order valence-corrected chi connectivity index (χ3v) is 6.00. The molecule has 5 heteroatoms. The van der Waals surface area contributed by atoms with Crippen molar-refractivity contribution in [2.45, 2.75) is 25.8 Å². The molecule has 1 aromatic carbocycles. The zero-order chi connectivity index (χ0) is 19.1. The van der Waals surface area contributed by atoms with Crippen LogP contribution in [0.5, 0.6) is 0 Å². The van der Waals surface area contributed by atoms with Crippen molar-refractivity contribution >= 4 is 5.91 Å². The highest BCUT2D eigenvalue weighted by Gasteiger charge is 2.35. The van der Waals surface area contributed by atoms with Crippen molar-refractivity contribution in [2.75, 3.05) is 19.6 Å².